The normalized spacial score (nSPS) is 21.1. The van der Waals surface area contributed by atoms with E-state index in [1.54, 1.807) is 6.20 Å². The van der Waals surface area contributed by atoms with E-state index in [-0.39, 0.29) is 37.7 Å². The van der Waals surface area contributed by atoms with E-state index < -0.39 is 30.4 Å². The van der Waals surface area contributed by atoms with Gasteiger partial charge in [-0.25, -0.2) is 4.79 Å². The topological polar surface area (TPSA) is 128 Å². The zero-order valence-electron chi connectivity index (χ0n) is 25.2. The van der Waals surface area contributed by atoms with E-state index in [2.05, 4.69) is 15.6 Å². The molecule has 3 heterocycles. The van der Waals surface area contributed by atoms with Gasteiger partial charge in [0.25, 0.3) is 5.91 Å². The Kier molecular flexibility index (Phi) is 10.8. The lowest BCUT2D eigenvalue weighted by molar-refractivity contribution is -0.124. The number of hydrogen-bond acceptors (Lipinski definition) is 8. The molecule has 234 valence electrons. The van der Waals surface area contributed by atoms with Gasteiger partial charge in [-0.2, -0.15) is 0 Å². The molecule has 1 aromatic heterocycles. The number of carbonyl (C=O) groups is 2. The van der Waals surface area contributed by atoms with Crippen LogP contribution in [0.1, 0.15) is 35.2 Å². The summed E-state index contributed by atoms with van der Waals surface area (Å²) >= 11 is 0. The summed E-state index contributed by atoms with van der Waals surface area (Å²) in [6.45, 7) is 4.40. The summed E-state index contributed by atoms with van der Waals surface area (Å²) in [5.41, 5.74) is 3.55. The summed E-state index contributed by atoms with van der Waals surface area (Å²) in [7, 11) is 0. The number of pyridine rings is 1. The summed E-state index contributed by atoms with van der Waals surface area (Å²) in [4.78, 5) is 30.4. The predicted molar refractivity (Wildman–Crippen MR) is 163 cm³/mol. The maximum Gasteiger partial charge on any atom is 0.407 e. The number of carbonyl (C=O) groups excluding carboxylic acids is 2. The van der Waals surface area contributed by atoms with E-state index in [9.17, 15) is 14.7 Å². The van der Waals surface area contributed by atoms with Gasteiger partial charge in [0.15, 0.2) is 12.9 Å². The lowest BCUT2D eigenvalue weighted by atomic mass is 9.93. The molecule has 3 aromatic rings. The lowest BCUT2D eigenvalue weighted by Gasteiger charge is -2.29. The van der Waals surface area contributed by atoms with Crippen LogP contribution in [0.3, 0.4) is 0 Å². The van der Waals surface area contributed by atoms with Crippen molar-refractivity contribution in [3.8, 4) is 5.75 Å². The molecule has 0 aliphatic carbocycles. The van der Waals surface area contributed by atoms with Crippen molar-refractivity contribution in [3.05, 3.63) is 95.3 Å². The highest BCUT2D eigenvalue weighted by Crippen LogP contribution is 2.33. The third-order valence-corrected chi connectivity index (χ3v) is 8.15. The minimum absolute atomic E-state index is 0.00479. The first-order valence-electron chi connectivity index (χ1n) is 15.2. The first-order chi connectivity index (χ1) is 21.4. The molecule has 2 aliphatic rings. The minimum Gasteiger partial charge on any atom is -0.482 e. The van der Waals surface area contributed by atoms with E-state index in [0.717, 1.165) is 23.1 Å². The molecule has 2 aromatic carbocycles. The Morgan fingerprint density at radius 3 is 2.39 bits per heavy atom. The average Bonchev–Trinajstić information content (AvgIpc) is 3.63. The van der Waals surface area contributed by atoms with Crippen LogP contribution in [0, 0.1) is 19.8 Å². The van der Waals surface area contributed by atoms with Crippen molar-refractivity contribution >= 4 is 12.0 Å². The third kappa shape index (κ3) is 8.56. The predicted octanol–water partition coefficient (Wildman–Crippen LogP) is 3.65. The molecule has 2 unspecified atom stereocenters. The summed E-state index contributed by atoms with van der Waals surface area (Å²) in [6.07, 6.45) is 1.16. The van der Waals surface area contributed by atoms with Gasteiger partial charge in [-0.1, -0.05) is 60.7 Å². The van der Waals surface area contributed by atoms with Crippen LogP contribution in [0.15, 0.2) is 72.9 Å². The highest BCUT2D eigenvalue weighted by atomic mass is 16.7. The SMILES string of the molecule is Cc1ccnc(C)c1OCC(=O)N[C@@H](Cc1ccccc1)C[C@H](O)[C@H](Cc1ccccc1)NC(=O)O[C@H]1COC2OCCC21. The molecule has 2 fully saturated rings. The van der Waals surface area contributed by atoms with Gasteiger partial charge in [-0.15, -0.1) is 0 Å². The van der Waals surface area contributed by atoms with Crippen LogP contribution in [0.4, 0.5) is 4.79 Å². The van der Waals surface area contributed by atoms with Crippen molar-refractivity contribution < 1.29 is 33.6 Å². The largest absolute Gasteiger partial charge is 0.482 e. The Bertz CT molecular complexity index is 1350. The van der Waals surface area contributed by atoms with Crippen molar-refractivity contribution in [2.45, 2.75) is 70.1 Å². The molecule has 2 aliphatic heterocycles. The number of alkyl carbamates (subject to hydrolysis) is 1. The van der Waals surface area contributed by atoms with Crippen LogP contribution in [0.5, 0.6) is 5.75 Å². The van der Waals surface area contributed by atoms with Crippen molar-refractivity contribution in [1.29, 1.82) is 0 Å². The Hall–Kier alpha value is -3.99. The maximum absolute atomic E-state index is 13.1. The Morgan fingerprint density at radius 1 is 0.977 bits per heavy atom. The van der Waals surface area contributed by atoms with Crippen molar-refractivity contribution in [2.75, 3.05) is 19.8 Å². The highest BCUT2D eigenvalue weighted by molar-refractivity contribution is 5.78. The molecule has 2 amide bonds. The molecule has 6 atom stereocenters. The Morgan fingerprint density at radius 2 is 1.68 bits per heavy atom. The number of rotatable bonds is 13. The number of ether oxygens (including phenoxy) is 4. The van der Waals surface area contributed by atoms with Crippen LogP contribution in [-0.2, 0) is 31.8 Å². The molecule has 5 rings (SSSR count). The molecule has 0 radical (unpaired) electrons. The smallest absolute Gasteiger partial charge is 0.407 e. The minimum atomic E-state index is -0.997. The first-order valence-corrected chi connectivity index (χ1v) is 15.2. The van der Waals surface area contributed by atoms with Gasteiger partial charge < -0.3 is 34.7 Å². The van der Waals surface area contributed by atoms with Gasteiger partial charge in [-0.3, -0.25) is 9.78 Å². The Labute approximate surface area is 258 Å². The van der Waals surface area contributed by atoms with Crippen LogP contribution in [0.2, 0.25) is 0 Å². The van der Waals surface area contributed by atoms with Gasteiger partial charge in [0.2, 0.25) is 0 Å². The zero-order chi connectivity index (χ0) is 30.9. The second-order valence-electron chi connectivity index (χ2n) is 11.5. The van der Waals surface area contributed by atoms with E-state index >= 15 is 0 Å². The number of amides is 2. The molecule has 0 bridgehead atoms. The molecule has 0 saturated carbocycles. The lowest BCUT2D eigenvalue weighted by Crippen LogP contribution is -2.50. The highest BCUT2D eigenvalue weighted by Gasteiger charge is 2.44. The molecule has 10 nitrogen and oxygen atoms in total. The summed E-state index contributed by atoms with van der Waals surface area (Å²) < 4.78 is 22.7. The number of nitrogens with zero attached hydrogens (tertiary/aromatic N) is 1. The summed E-state index contributed by atoms with van der Waals surface area (Å²) in [5.74, 6) is 0.267. The summed E-state index contributed by atoms with van der Waals surface area (Å²) in [6, 6.07) is 20.1. The monoisotopic (exact) mass is 603 g/mol. The molecular weight excluding hydrogens is 562 g/mol. The average molecular weight is 604 g/mol. The van der Waals surface area contributed by atoms with Crippen molar-refractivity contribution in [3.63, 3.8) is 0 Å². The van der Waals surface area contributed by atoms with E-state index in [4.69, 9.17) is 18.9 Å². The van der Waals surface area contributed by atoms with Crippen molar-refractivity contribution in [1.82, 2.24) is 15.6 Å². The zero-order valence-corrected chi connectivity index (χ0v) is 25.2. The van der Waals surface area contributed by atoms with E-state index in [1.807, 2.05) is 80.6 Å². The second-order valence-corrected chi connectivity index (χ2v) is 11.5. The van der Waals surface area contributed by atoms with Crippen molar-refractivity contribution in [2.24, 2.45) is 5.92 Å². The number of aliphatic hydroxyl groups is 1. The first kappa shape index (κ1) is 31.4. The number of aromatic nitrogens is 1. The molecule has 3 N–H and O–H groups in total. The maximum atomic E-state index is 13.1. The quantitative estimate of drug-likeness (QED) is 0.270. The number of aryl methyl sites for hydroxylation is 2. The molecule has 44 heavy (non-hydrogen) atoms. The van der Waals surface area contributed by atoms with E-state index in [0.29, 0.717) is 30.9 Å². The summed E-state index contributed by atoms with van der Waals surface area (Å²) in [5, 5.41) is 17.5. The van der Waals surface area contributed by atoms with Gasteiger partial charge in [0.1, 0.15) is 11.9 Å². The molecule has 10 heteroatoms. The fraction of sp³-hybridized carbons (Fsp3) is 0.441. The van der Waals surface area contributed by atoms with Crippen LogP contribution >= 0.6 is 0 Å². The fourth-order valence-electron chi connectivity index (χ4n) is 5.88. The molecular formula is C34H41N3O7. The number of benzene rings is 2. The Balaban J connectivity index is 1.26. The van der Waals surface area contributed by atoms with Gasteiger partial charge in [-0.05, 0) is 62.3 Å². The number of fused-ring (bicyclic) bond motifs is 1. The van der Waals surface area contributed by atoms with Gasteiger partial charge >= 0.3 is 6.09 Å². The fourth-order valence-corrected chi connectivity index (χ4v) is 5.88. The van der Waals surface area contributed by atoms with Crippen LogP contribution in [0.25, 0.3) is 0 Å². The number of hydrogen-bond donors (Lipinski definition) is 3. The number of aliphatic hydroxyl groups excluding tert-OH is 1. The number of nitrogens with one attached hydrogen (secondary N) is 2. The van der Waals surface area contributed by atoms with Crippen LogP contribution in [-0.4, -0.2) is 72.5 Å². The third-order valence-electron chi connectivity index (χ3n) is 8.15. The van der Waals surface area contributed by atoms with E-state index in [1.165, 1.54) is 0 Å². The van der Waals surface area contributed by atoms with Gasteiger partial charge in [0.05, 0.1) is 37.0 Å². The van der Waals surface area contributed by atoms with Gasteiger partial charge in [0, 0.05) is 12.2 Å². The molecule has 0 spiro atoms. The molecule has 2 saturated heterocycles. The van der Waals surface area contributed by atoms with Crippen LogP contribution < -0.4 is 15.4 Å². The second kappa shape index (κ2) is 15.1. The standard InChI is InChI=1S/C34H41N3O7/c1-22-13-15-35-23(2)32(22)42-21-31(39)36-26(17-24-9-5-3-6-10-24)19-29(38)28(18-25-11-7-4-8-12-25)37-34(40)44-30-20-43-33-27(30)14-16-41-33/h3-13,15,26-30,33,38H,14,16-21H2,1-2H3,(H,36,39)(H,37,40)/t26-,27?,28-,29-,30-,33?/m0/s1.